The number of nitro groups is 1. The fourth-order valence-corrected chi connectivity index (χ4v) is 4.12. The highest BCUT2D eigenvalue weighted by Crippen LogP contribution is 2.32. The van der Waals surface area contributed by atoms with E-state index in [0.717, 1.165) is 12.2 Å². The minimum atomic E-state index is -0.912. The Hall–Kier alpha value is -2.09. The van der Waals surface area contributed by atoms with E-state index in [-0.39, 0.29) is 23.7 Å². The lowest BCUT2D eigenvalue weighted by Crippen LogP contribution is -2.42. The van der Waals surface area contributed by atoms with Gasteiger partial charge in [0, 0.05) is 24.7 Å². The Morgan fingerprint density at radius 2 is 2.15 bits per heavy atom. The number of hydrogen-bond donors (Lipinski definition) is 1. The highest BCUT2D eigenvalue weighted by Gasteiger charge is 2.29. The first kappa shape index (κ1) is 20.2. The van der Waals surface area contributed by atoms with Gasteiger partial charge in [-0.15, -0.1) is 11.8 Å². The second-order valence-electron chi connectivity index (χ2n) is 6.90. The molecule has 1 aromatic rings. The fourth-order valence-electron chi connectivity index (χ4n) is 2.87. The largest absolute Gasteiger partial charge is 0.481 e. The summed E-state index contributed by atoms with van der Waals surface area (Å²) in [4.78, 5) is 36.8. The Labute approximate surface area is 156 Å². The highest BCUT2D eigenvalue weighted by molar-refractivity contribution is 7.99. The Morgan fingerprint density at radius 3 is 2.77 bits per heavy atom. The summed E-state index contributed by atoms with van der Waals surface area (Å²) in [6.07, 6.45) is 2.12. The molecule has 1 heterocycles. The van der Waals surface area contributed by atoms with Crippen LogP contribution in [0.2, 0.25) is 0 Å². The molecule has 1 amide bonds. The Kier molecular flexibility index (Phi) is 7.02. The monoisotopic (exact) mass is 380 g/mol. The third kappa shape index (κ3) is 5.20. The molecule has 0 radical (unpaired) electrons. The van der Waals surface area contributed by atoms with Crippen molar-refractivity contribution in [2.45, 2.75) is 38.0 Å². The van der Waals surface area contributed by atoms with Crippen LogP contribution >= 0.6 is 11.8 Å². The molecule has 0 bridgehead atoms. The smallest absolute Gasteiger partial charge is 0.308 e. The Bertz CT molecular complexity index is 692. The lowest BCUT2D eigenvalue weighted by molar-refractivity contribution is -0.387. The maximum Gasteiger partial charge on any atom is 0.308 e. The van der Waals surface area contributed by atoms with Crippen LogP contribution in [0.1, 0.15) is 43.5 Å². The summed E-state index contributed by atoms with van der Waals surface area (Å²) in [5.41, 5.74) is 0.160. The number of nitro benzene ring substituents is 1. The summed E-state index contributed by atoms with van der Waals surface area (Å²) in [6, 6.07) is 4.52. The lowest BCUT2D eigenvalue weighted by Gasteiger charge is -2.30. The predicted molar refractivity (Wildman–Crippen MR) is 99.5 cm³/mol. The number of benzene rings is 1. The molecule has 0 aliphatic carbocycles. The van der Waals surface area contributed by atoms with Crippen molar-refractivity contribution in [1.29, 1.82) is 0 Å². The molecular weight excluding hydrogens is 356 g/mol. The van der Waals surface area contributed by atoms with E-state index in [1.165, 1.54) is 22.7 Å². The molecule has 1 saturated heterocycles. The van der Waals surface area contributed by atoms with Crippen molar-refractivity contribution in [3.63, 3.8) is 0 Å². The molecule has 1 aromatic carbocycles. The van der Waals surface area contributed by atoms with Crippen LogP contribution in [0.25, 0.3) is 0 Å². The van der Waals surface area contributed by atoms with E-state index in [1.807, 2.05) is 0 Å². The maximum absolute atomic E-state index is 12.7. The number of aliphatic carboxylic acids is 1. The van der Waals surface area contributed by atoms with Gasteiger partial charge in [0.2, 0.25) is 0 Å². The van der Waals surface area contributed by atoms with Crippen LogP contribution < -0.4 is 0 Å². The number of piperidine rings is 1. The van der Waals surface area contributed by atoms with Gasteiger partial charge in [0.1, 0.15) is 0 Å². The van der Waals surface area contributed by atoms with E-state index in [9.17, 15) is 19.7 Å². The molecule has 1 aliphatic heterocycles. The van der Waals surface area contributed by atoms with Crippen LogP contribution in [0.3, 0.4) is 0 Å². The van der Waals surface area contributed by atoms with Crippen molar-refractivity contribution in [3.05, 3.63) is 33.9 Å². The van der Waals surface area contributed by atoms with Gasteiger partial charge in [-0.05, 0) is 43.1 Å². The van der Waals surface area contributed by atoms with Gasteiger partial charge in [0.05, 0.1) is 15.7 Å². The highest BCUT2D eigenvalue weighted by atomic mass is 32.2. The standard InChI is InChI=1S/C18H24N2O5S/c1-12(2)7-9-26-16-6-5-13(10-15(16)20(24)25)17(21)19-8-3-4-14(11-19)18(22)23/h5-6,10,12,14H,3-4,7-9,11H2,1-2H3,(H,22,23)/t14-/m0/s1. The molecule has 1 N–H and O–H groups in total. The van der Waals surface area contributed by atoms with E-state index in [1.54, 1.807) is 12.1 Å². The molecular formula is C18H24N2O5S. The third-order valence-corrected chi connectivity index (χ3v) is 5.51. The number of amides is 1. The van der Waals surface area contributed by atoms with Gasteiger partial charge in [-0.3, -0.25) is 19.7 Å². The zero-order valence-electron chi connectivity index (χ0n) is 15.0. The quantitative estimate of drug-likeness (QED) is 0.440. The second kappa shape index (κ2) is 9.02. The van der Waals surface area contributed by atoms with Crippen LogP contribution in [0.4, 0.5) is 5.69 Å². The normalized spacial score (nSPS) is 17.3. The summed E-state index contributed by atoms with van der Waals surface area (Å²) >= 11 is 1.42. The average Bonchev–Trinajstić information content (AvgIpc) is 2.61. The van der Waals surface area contributed by atoms with Gasteiger partial charge in [0.25, 0.3) is 11.6 Å². The van der Waals surface area contributed by atoms with Crippen molar-refractivity contribution in [2.75, 3.05) is 18.8 Å². The number of carbonyl (C=O) groups excluding carboxylic acids is 1. The third-order valence-electron chi connectivity index (χ3n) is 4.41. The Morgan fingerprint density at radius 1 is 1.42 bits per heavy atom. The van der Waals surface area contributed by atoms with Crippen molar-refractivity contribution in [2.24, 2.45) is 11.8 Å². The number of likely N-dealkylation sites (tertiary alicyclic amines) is 1. The number of nitrogens with zero attached hydrogens (tertiary/aromatic N) is 2. The van der Waals surface area contributed by atoms with Gasteiger partial charge >= 0.3 is 5.97 Å². The van der Waals surface area contributed by atoms with Gasteiger partial charge in [-0.2, -0.15) is 0 Å². The van der Waals surface area contributed by atoms with Gasteiger partial charge in [0.15, 0.2) is 0 Å². The van der Waals surface area contributed by atoms with E-state index in [0.29, 0.717) is 30.2 Å². The van der Waals surface area contributed by atoms with Crippen LogP contribution in [0.5, 0.6) is 0 Å². The average molecular weight is 380 g/mol. The number of thioether (sulfide) groups is 1. The molecule has 1 aliphatic rings. The summed E-state index contributed by atoms with van der Waals surface area (Å²) in [5.74, 6) is -0.543. The molecule has 7 nitrogen and oxygen atoms in total. The van der Waals surface area contributed by atoms with Crippen LogP contribution in [-0.2, 0) is 4.79 Å². The molecule has 2 rings (SSSR count). The fraction of sp³-hybridized carbons (Fsp3) is 0.556. The molecule has 26 heavy (non-hydrogen) atoms. The van der Waals surface area contributed by atoms with Crippen LogP contribution in [0, 0.1) is 22.0 Å². The molecule has 0 spiro atoms. The zero-order valence-corrected chi connectivity index (χ0v) is 15.8. The first-order valence-corrected chi connectivity index (χ1v) is 9.71. The zero-order chi connectivity index (χ0) is 19.3. The second-order valence-corrected chi connectivity index (χ2v) is 8.04. The topological polar surface area (TPSA) is 101 Å². The van der Waals surface area contributed by atoms with Crippen molar-refractivity contribution < 1.29 is 19.6 Å². The van der Waals surface area contributed by atoms with Crippen LogP contribution in [0.15, 0.2) is 23.1 Å². The first-order chi connectivity index (χ1) is 12.3. The van der Waals surface area contributed by atoms with Gasteiger partial charge in [-0.25, -0.2) is 0 Å². The lowest BCUT2D eigenvalue weighted by atomic mass is 9.97. The first-order valence-electron chi connectivity index (χ1n) is 8.73. The summed E-state index contributed by atoms with van der Waals surface area (Å²) in [6.45, 7) is 4.81. The van der Waals surface area contributed by atoms with Gasteiger partial charge < -0.3 is 10.0 Å². The molecule has 0 saturated carbocycles. The van der Waals surface area contributed by atoms with Gasteiger partial charge in [-0.1, -0.05) is 13.8 Å². The van der Waals surface area contributed by atoms with E-state index >= 15 is 0 Å². The van der Waals surface area contributed by atoms with E-state index in [2.05, 4.69) is 13.8 Å². The number of carboxylic acids is 1. The van der Waals surface area contributed by atoms with Crippen molar-refractivity contribution >= 4 is 29.3 Å². The van der Waals surface area contributed by atoms with E-state index < -0.39 is 16.8 Å². The summed E-state index contributed by atoms with van der Waals surface area (Å²) in [7, 11) is 0. The van der Waals surface area contributed by atoms with E-state index in [4.69, 9.17) is 5.11 Å². The molecule has 142 valence electrons. The molecule has 1 fully saturated rings. The van der Waals surface area contributed by atoms with Crippen molar-refractivity contribution in [3.8, 4) is 0 Å². The predicted octanol–water partition coefficient (Wildman–Crippen LogP) is 3.67. The molecule has 0 aromatic heterocycles. The SMILES string of the molecule is CC(C)CCSc1ccc(C(=O)N2CCC[C@H](C(=O)O)C2)cc1[N+](=O)[O-]. The minimum Gasteiger partial charge on any atom is -0.481 e. The summed E-state index contributed by atoms with van der Waals surface area (Å²) in [5, 5.41) is 20.6. The minimum absolute atomic E-state index is 0.0728. The number of carboxylic acid groups (broad SMARTS) is 1. The van der Waals surface area contributed by atoms with Crippen LogP contribution in [-0.4, -0.2) is 45.6 Å². The molecule has 0 unspecified atom stereocenters. The summed E-state index contributed by atoms with van der Waals surface area (Å²) < 4.78 is 0. The maximum atomic E-state index is 12.7. The Balaban J connectivity index is 2.16. The molecule has 1 atom stereocenters. The van der Waals surface area contributed by atoms with Crippen molar-refractivity contribution in [1.82, 2.24) is 4.90 Å². The number of carbonyl (C=O) groups is 2. The number of rotatable bonds is 7. The number of hydrogen-bond acceptors (Lipinski definition) is 5. The molecule has 8 heteroatoms.